The summed E-state index contributed by atoms with van der Waals surface area (Å²) in [4.78, 5) is 22.9. The number of carboxylic acid groups (broad SMARTS) is 1. The normalized spacial score (nSPS) is 40.1. The third-order valence-corrected chi connectivity index (χ3v) is 5.78. The second kappa shape index (κ2) is 4.87. The number of carbonyl (C=O) groups is 2. The van der Waals surface area contributed by atoms with Crippen LogP contribution in [0.1, 0.15) is 65.7 Å². The highest BCUT2D eigenvalue weighted by Gasteiger charge is 2.70. The summed E-state index contributed by atoms with van der Waals surface area (Å²) in [5.41, 5.74) is -0.120. The SMILES string of the molecule is CC(C)(C)OC(=O)NC12CC(C3CCC(C(=O)O)CC3)(C1)C2. The number of aliphatic carboxylic acids is 1. The predicted octanol–water partition coefficient (Wildman–Crippen LogP) is 3.32. The smallest absolute Gasteiger partial charge is 0.408 e. The maximum Gasteiger partial charge on any atom is 0.408 e. The van der Waals surface area contributed by atoms with Crippen molar-refractivity contribution < 1.29 is 19.4 Å². The molecule has 4 saturated carbocycles. The Morgan fingerprint density at radius 2 is 1.64 bits per heavy atom. The lowest BCUT2D eigenvalue weighted by Crippen LogP contribution is -2.76. The van der Waals surface area contributed by atoms with Gasteiger partial charge in [0.15, 0.2) is 0 Å². The zero-order valence-corrected chi connectivity index (χ0v) is 13.8. The first-order valence-electron chi connectivity index (χ1n) is 8.37. The van der Waals surface area contributed by atoms with Gasteiger partial charge >= 0.3 is 12.1 Å². The van der Waals surface area contributed by atoms with E-state index in [-0.39, 0.29) is 17.6 Å². The van der Waals surface area contributed by atoms with Crippen LogP contribution in [0.25, 0.3) is 0 Å². The minimum absolute atomic E-state index is 0.0357. The van der Waals surface area contributed by atoms with Crippen molar-refractivity contribution in [3.63, 3.8) is 0 Å². The summed E-state index contributed by atoms with van der Waals surface area (Å²) in [7, 11) is 0. The Bertz CT molecular complexity index is 466. The number of nitrogens with one attached hydrogen (secondary N) is 1. The van der Waals surface area contributed by atoms with Crippen molar-refractivity contribution >= 4 is 12.1 Å². The molecule has 5 heteroatoms. The molecule has 0 aliphatic heterocycles. The number of carboxylic acids is 1. The number of carbonyl (C=O) groups excluding carboxylic acids is 1. The van der Waals surface area contributed by atoms with E-state index < -0.39 is 11.6 Å². The van der Waals surface area contributed by atoms with Gasteiger partial charge in [-0.25, -0.2) is 4.79 Å². The molecule has 0 radical (unpaired) electrons. The molecule has 0 aromatic heterocycles. The molecule has 0 aromatic rings. The maximum atomic E-state index is 11.9. The highest BCUT2D eigenvalue weighted by Crippen LogP contribution is 2.72. The average Bonchev–Trinajstić information content (AvgIpc) is 2.30. The summed E-state index contributed by atoms with van der Waals surface area (Å²) in [6.45, 7) is 5.62. The largest absolute Gasteiger partial charge is 0.481 e. The van der Waals surface area contributed by atoms with Crippen LogP contribution in [0.3, 0.4) is 0 Å². The molecular formula is C17H27NO4. The molecule has 2 N–H and O–H groups in total. The average molecular weight is 309 g/mol. The number of ether oxygens (including phenoxy) is 1. The lowest BCUT2D eigenvalue weighted by atomic mass is 9.34. The molecule has 2 bridgehead atoms. The van der Waals surface area contributed by atoms with Crippen molar-refractivity contribution in [2.24, 2.45) is 17.3 Å². The number of hydrogen-bond donors (Lipinski definition) is 2. The predicted molar refractivity (Wildman–Crippen MR) is 81.5 cm³/mol. The van der Waals surface area contributed by atoms with Crippen LogP contribution >= 0.6 is 0 Å². The van der Waals surface area contributed by atoms with Crippen LogP contribution < -0.4 is 5.32 Å². The lowest BCUT2D eigenvalue weighted by Gasteiger charge is -2.73. The molecule has 22 heavy (non-hydrogen) atoms. The Balaban J connectivity index is 1.46. The van der Waals surface area contributed by atoms with E-state index in [1.165, 1.54) is 0 Å². The number of amides is 1. The zero-order chi connectivity index (χ0) is 16.2. The van der Waals surface area contributed by atoms with E-state index in [2.05, 4.69) is 5.32 Å². The molecule has 0 spiro atoms. The van der Waals surface area contributed by atoms with Crippen LogP contribution in [0.4, 0.5) is 4.79 Å². The van der Waals surface area contributed by atoms with Gasteiger partial charge in [0.25, 0.3) is 0 Å². The monoisotopic (exact) mass is 309 g/mol. The van der Waals surface area contributed by atoms with Crippen molar-refractivity contribution in [1.29, 1.82) is 0 Å². The van der Waals surface area contributed by atoms with Gasteiger partial charge in [-0.05, 0) is 77.0 Å². The van der Waals surface area contributed by atoms with Crippen LogP contribution in [0.5, 0.6) is 0 Å². The van der Waals surface area contributed by atoms with Crippen LogP contribution in [0, 0.1) is 17.3 Å². The molecule has 4 aliphatic rings. The molecule has 4 fully saturated rings. The van der Waals surface area contributed by atoms with Gasteiger partial charge in [-0.1, -0.05) is 0 Å². The van der Waals surface area contributed by atoms with E-state index >= 15 is 0 Å². The Hall–Kier alpha value is -1.26. The zero-order valence-electron chi connectivity index (χ0n) is 13.8. The first kappa shape index (κ1) is 15.6. The molecule has 0 atom stereocenters. The number of alkyl carbamates (subject to hydrolysis) is 1. The van der Waals surface area contributed by atoms with Crippen molar-refractivity contribution in [2.45, 2.75) is 76.9 Å². The summed E-state index contributed by atoms with van der Waals surface area (Å²) in [5.74, 6) is -0.137. The molecule has 4 aliphatic carbocycles. The van der Waals surface area contributed by atoms with Gasteiger partial charge in [0.2, 0.25) is 0 Å². The number of rotatable bonds is 3. The Labute approximate surface area is 131 Å². The fraction of sp³-hybridized carbons (Fsp3) is 0.882. The Morgan fingerprint density at radius 3 is 2.09 bits per heavy atom. The minimum atomic E-state index is -0.640. The van der Waals surface area contributed by atoms with E-state index in [0.29, 0.717) is 11.3 Å². The topological polar surface area (TPSA) is 75.6 Å². The van der Waals surface area contributed by atoms with Gasteiger partial charge in [-0.2, -0.15) is 0 Å². The van der Waals surface area contributed by atoms with Crippen molar-refractivity contribution in [2.75, 3.05) is 0 Å². The van der Waals surface area contributed by atoms with Gasteiger partial charge in [0.1, 0.15) is 5.60 Å². The van der Waals surface area contributed by atoms with Crippen molar-refractivity contribution in [1.82, 2.24) is 5.32 Å². The highest BCUT2D eigenvalue weighted by molar-refractivity contribution is 5.70. The Morgan fingerprint density at radius 1 is 1.09 bits per heavy atom. The summed E-state index contributed by atoms with van der Waals surface area (Å²) < 4.78 is 5.34. The van der Waals surface area contributed by atoms with Gasteiger partial charge in [0, 0.05) is 5.54 Å². The van der Waals surface area contributed by atoms with E-state index in [0.717, 1.165) is 44.9 Å². The van der Waals surface area contributed by atoms with Crippen LogP contribution in [-0.4, -0.2) is 28.3 Å². The van der Waals surface area contributed by atoms with Gasteiger partial charge in [0.05, 0.1) is 5.92 Å². The third kappa shape index (κ3) is 2.70. The molecule has 0 aromatic carbocycles. The summed E-state index contributed by atoms with van der Waals surface area (Å²) in [5, 5.41) is 12.1. The third-order valence-electron chi connectivity index (χ3n) is 5.78. The maximum absolute atomic E-state index is 11.9. The second-order valence-electron chi connectivity index (χ2n) is 8.69. The number of hydrogen-bond acceptors (Lipinski definition) is 3. The Kier molecular flexibility index (Phi) is 3.46. The van der Waals surface area contributed by atoms with E-state index in [1.807, 2.05) is 20.8 Å². The molecule has 0 unspecified atom stereocenters. The van der Waals surface area contributed by atoms with Crippen molar-refractivity contribution in [3.8, 4) is 0 Å². The van der Waals surface area contributed by atoms with Crippen LogP contribution in [0.2, 0.25) is 0 Å². The quantitative estimate of drug-likeness (QED) is 0.838. The molecular weight excluding hydrogens is 282 g/mol. The first-order valence-corrected chi connectivity index (χ1v) is 8.37. The second-order valence-corrected chi connectivity index (χ2v) is 8.69. The first-order chi connectivity index (χ1) is 10.1. The van der Waals surface area contributed by atoms with Gasteiger partial charge in [-0.3, -0.25) is 4.79 Å². The van der Waals surface area contributed by atoms with Gasteiger partial charge in [-0.15, -0.1) is 0 Å². The van der Waals surface area contributed by atoms with Crippen LogP contribution in [-0.2, 0) is 9.53 Å². The fourth-order valence-corrected chi connectivity index (χ4v) is 4.90. The lowest BCUT2D eigenvalue weighted by molar-refractivity contribution is -0.197. The molecule has 5 nitrogen and oxygen atoms in total. The molecule has 0 saturated heterocycles. The highest BCUT2D eigenvalue weighted by atomic mass is 16.6. The summed E-state index contributed by atoms with van der Waals surface area (Å²) in [6, 6.07) is 0. The molecule has 0 heterocycles. The standard InChI is InChI=1S/C17H27NO4/c1-15(2,3)22-14(21)18-17-8-16(9-17,10-17)12-6-4-11(5-7-12)13(19)20/h11-12H,4-10H2,1-3H3,(H,18,21)(H,19,20). The minimum Gasteiger partial charge on any atom is -0.481 e. The molecule has 4 rings (SSSR count). The van der Waals surface area contributed by atoms with Gasteiger partial charge < -0.3 is 15.2 Å². The molecule has 124 valence electrons. The fourth-order valence-electron chi connectivity index (χ4n) is 4.90. The summed E-state index contributed by atoms with van der Waals surface area (Å²) >= 11 is 0. The molecule has 1 amide bonds. The van der Waals surface area contributed by atoms with E-state index in [4.69, 9.17) is 9.84 Å². The van der Waals surface area contributed by atoms with E-state index in [9.17, 15) is 9.59 Å². The summed E-state index contributed by atoms with van der Waals surface area (Å²) in [6.07, 6.45) is 6.50. The van der Waals surface area contributed by atoms with Crippen molar-refractivity contribution in [3.05, 3.63) is 0 Å². The van der Waals surface area contributed by atoms with E-state index in [1.54, 1.807) is 0 Å². The van der Waals surface area contributed by atoms with Crippen LogP contribution in [0.15, 0.2) is 0 Å².